The third-order valence-corrected chi connectivity index (χ3v) is 4.55. The number of aromatic nitrogens is 1. The van der Waals surface area contributed by atoms with Crippen molar-refractivity contribution in [3.05, 3.63) is 70.2 Å². The molecular weight excluding hydrogens is 296 g/mol. The standard InChI is InChI=1S/C17H14N2O2S/c20-17(16-4-2-8-22-16)18-13-5-6-15-12(9-13)10-21-11-14-3-1-7-19(14)15/h1-9H,10-11H2,(H,18,20). The van der Waals surface area contributed by atoms with Crippen molar-refractivity contribution in [3.63, 3.8) is 0 Å². The van der Waals surface area contributed by atoms with Crippen molar-refractivity contribution < 1.29 is 9.53 Å². The van der Waals surface area contributed by atoms with Crippen molar-refractivity contribution in [1.29, 1.82) is 0 Å². The van der Waals surface area contributed by atoms with Gasteiger partial charge in [0.1, 0.15) is 0 Å². The van der Waals surface area contributed by atoms with Crippen LogP contribution in [0.5, 0.6) is 0 Å². The van der Waals surface area contributed by atoms with Crippen LogP contribution in [-0.4, -0.2) is 10.5 Å². The molecule has 0 saturated heterocycles. The van der Waals surface area contributed by atoms with Gasteiger partial charge in [0.25, 0.3) is 5.91 Å². The Morgan fingerprint density at radius 2 is 2.14 bits per heavy atom. The fourth-order valence-electron chi connectivity index (χ4n) is 2.65. The van der Waals surface area contributed by atoms with Gasteiger partial charge in [0.2, 0.25) is 0 Å². The van der Waals surface area contributed by atoms with Crippen molar-refractivity contribution in [2.45, 2.75) is 13.2 Å². The van der Waals surface area contributed by atoms with Gasteiger partial charge < -0.3 is 14.6 Å². The number of rotatable bonds is 2. The van der Waals surface area contributed by atoms with Crippen LogP contribution in [0.15, 0.2) is 54.0 Å². The normalized spacial score (nSPS) is 13.1. The van der Waals surface area contributed by atoms with Crippen molar-refractivity contribution in [2.24, 2.45) is 0 Å². The van der Waals surface area contributed by atoms with Crippen LogP contribution in [0.4, 0.5) is 5.69 Å². The molecule has 1 N–H and O–H groups in total. The summed E-state index contributed by atoms with van der Waals surface area (Å²) in [6.07, 6.45) is 2.03. The summed E-state index contributed by atoms with van der Waals surface area (Å²) in [5.41, 5.74) is 4.09. The van der Waals surface area contributed by atoms with Crippen LogP contribution in [0.3, 0.4) is 0 Å². The number of ether oxygens (including phenoxy) is 1. The SMILES string of the molecule is O=C(Nc1ccc2c(c1)COCc1cccn1-2)c1cccs1. The summed E-state index contributed by atoms with van der Waals surface area (Å²) in [4.78, 5) is 12.8. The Hall–Kier alpha value is -2.37. The molecule has 1 aromatic carbocycles. The summed E-state index contributed by atoms with van der Waals surface area (Å²) in [7, 11) is 0. The predicted octanol–water partition coefficient (Wildman–Crippen LogP) is 3.82. The summed E-state index contributed by atoms with van der Waals surface area (Å²) < 4.78 is 7.84. The number of amides is 1. The van der Waals surface area contributed by atoms with E-state index >= 15 is 0 Å². The van der Waals surface area contributed by atoms with Gasteiger partial charge in [-0.25, -0.2) is 0 Å². The van der Waals surface area contributed by atoms with Gasteiger partial charge in [0, 0.05) is 23.1 Å². The number of carbonyl (C=O) groups excluding carboxylic acids is 1. The molecule has 0 saturated carbocycles. The Morgan fingerprint density at radius 3 is 3.00 bits per heavy atom. The first kappa shape index (κ1) is 13.3. The number of hydrogen-bond donors (Lipinski definition) is 1. The molecular formula is C17H14N2O2S. The Bertz CT molecular complexity index is 821. The van der Waals surface area contributed by atoms with Gasteiger partial charge >= 0.3 is 0 Å². The number of nitrogens with zero attached hydrogens (tertiary/aromatic N) is 1. The van der Waals surface area contributed by atoms with E-state index in [-0.39, 0.29) is 5.91 Å². The highest BCUT2D eigenvalue weighted by Gasteiger charge is 2.15. The van der Waals surface area contributed by atoms with Gasteiger partial charge in [0.05, 0.1) is 23.8 Å². The average molecular weight is 310 g/mol. The van der Waals surface area contributed by atoms with Crippen LogP contribution in [0, 0.1) is 0 Å². The van der Waals surface area contributed by atoms with E-state index in [9.17, 15) is 4.79 Å². The molecule has 2 aromatic heterocycles. The van der Waals surface area contributed by atoms with Gasteiger partial charge in [-0.15, -0.1) is 11.3 Å². The Labute approximate surface area is 132 Å². The van der Waals surface area contributed by atoms with Gasteiger partial charge in [-0.3, -0.25) is 4.79 Å². The lowest BCUT2D eigenvalue weighted by atomic mass is 10.1. The summed E-state index contributed by atoms with van der Waals surface area (Å²) in [5, 5.41) is 4.84. The zero-order valence-corrected chi connectivity index (χ0v) is 12.6. The number of fused-ring (bicyclic) bond motifs is 3. The minimum absolute atomic E-state index is 0.0776. The van der Waals surface area contributed by atoms with E-state index in [1.54, 1.807) is 0 Å². The molecule has 110 valence electrons. The lowest BCUT2D eigenvalue weighted by Crippen LogP contribution is -2.10. The van der Waals surface area contributed by atoms with Crippen LogP contribution < -0.4 is 5.32 Å². The third-order valence-electron chi connectivity index (χ3n) is 3.68. The second-order valence-electron chi connectivity index (χ2n) is 5.14. The summed E-state index contributed by atoms with van der Waals surface area (Å²) in [6.45, 7) is 1.14. The number of anilines is 1. The first-order chi connectivity index (χ1) is 10.8. The molecule has 0 radical (unpaired) electrons. The quantitative estimate of drug-likeness (QED) is 0.782. The second-order valence-corrected chi connectivity index (χ2v) is 6.08. The van der Waals surface area contributed by atoms with E-state index in [4.69, 9.17) is 4.74 Å². The maximum Gasteiger partial charge on any atom is 0.265 e. The van der Waals surface area contributed by atoms with Crippen molar-refractivity contribution >= 4 is 22.9 Å². The Morgan fingerprint density at radius 1 is 1.18 bits per heavy atom. The van der Waals surface area contributed by atoms with E-state index in [0.29, 0.717) is 18.1 Å². The molecule has 0 aliphatic carbocycles. The topological polar surface area (TPSA) is 43.3 Å². The largest absolute Gasteiger partial charge is 0.370 e. The molecule has 0 fully saturated rings. The molecule has 22 heavy (non-hydrogen) atoms. The number of hydrogen-bond acceptors (Lipinski definition) is 3. The Balaban J connectivity index is 1.65. The van der Waals surface area contributed by atoms with Crippen molar-refractivity contribution in [1.82, 2.24) is 4.57 Å². The highest BCUT2D eigenvalue weighted by atomic mass is 32.1. The molecule has 0 unspecified atom stereocenters. The average Bonchev–Trinajstić information content (AvgIpc) is 3.17. The van der Waals surface area contributed by atoms with Crippen LogP contribution >= 0.6 is 11.3 Å². The van der Waals surface area contributed by atoms with Crippen LogP contribution in [0.25, 0.3) is 5.69 Å². The summed E-state index contributed by atoms with van der Waals surface area (Å²) >= 11 is 1.43. The molecule has 5 heteroatoms. The van der Waals surface area contributed by atoms with E-state index in [2.05, 4.69) is 16.0 Å². The molecule has 0 bridgehead atoms. The first-order valence-electron chi connectivity index (χ1n) is 7.03. The lowest BCUT2D eigenvalue weighted by molar-refractivity contribution is 0.103. The van der Waals surface area contributed by atoms with Crippen LogP contribution in [-0.2, 0) is 18.0 Å². The van der Waals surface area contributed by atoms with E-state index in [1.165, 1.54) is 11.3 Å². The smallest absolute Gasteiger partial charge is 0.265 e. The fourth-order valence-corrected chi connectivity index (χ4v) is 3.27. The van der Waals surface area contributed by atoms with Gasteiger partial charge in [-0.1, -0.05) is 6.07 Å². The molecule has 0 spiro atoms. The lowest BCUT2D eigenvalue weighted by Gasteiger charge is -2.11. The minimum Gasteiger partial charge on any atom is -0.370 e. The number of thiophene rings is 1. The van der Waals surface area contributed by atoms with E-state index in [0.717, 1.165) is 22.6 Å². The predicted molar refractivity (Wildman–Crippen MR) is 86.5 cm³/mol. The third kappa shape index (κ3) is 2.34. The molecule has 3 aromatic rings. The maximum atomic E-state index is 12.1. The zero-order chi connectivity index (χ0) is 14.9. The molecule has 0 atom stereocenters. The summed E-state index contributed by atoms with van der Waals surface area (Å²) in [6, 6.07) is 13.7. The van der Waals surface area contributed by atoms with Crippen molar-refractivity contribution in [2.75, 3.05) is 5.32 Å². The van der Waals surface area contributed by atoms with Crippen LogP contribution in [0.2, 0.25) is 0 Å². The number of benzene rings is 1. The number of carbonyl (C=O) groups is 1. The van der Waals surface area contributed by atoms with Gasteiger partial charge in [-0.2, -0.15) is 0 Å². The molecule has 3 heterocycles. The van der Waals surface area contributed by atoms with Gasteiger partial charge in [0.15, 0.2) is 0 Å². The molecule has 4 rings (SSSR count). The Kier molecular flexibility index (Phi) is 3.29. The highest BCUT2D eigenvalue weighted by molar-refractivity contribution is 7.12. The minimum atomic E-state index is -0.0776. The molecule has 1 aliphatic heterocycles. The van der Waals surface area contributed by atoms with Crippen molar-refractivity contribution in [3.8, 4) is 5.69 Å². The molecule has 4 nitrogen and oxygen atoms in total. The molecule has 1 amide bonds. The fraction of sp³-hybridized carbons (Fsp3) is 0.118. The number of nitrogens with one attached hydrogen (secondary N) is 1. The maximum absolute atomic E-state index is 12.1. The molecule has 1 aliphatic rings. The monoisotopic (exact) mass is 310 g/mol. The summed E-state index contributed by atoms with van der Waals surface area (Å²) in [5.74, 6) is -0.0776. The van der Waals surface area contributed by atoms with Crippen LogP contribution in [0.1, 0.15) is 20.9 Å². The van der Waals surface area contributed by atoms with Gasteiger partial charge in [-0.05, 0) is 41.8 Å². The first-order valence-corrected chi connectivity index (χ1v) is 7.91. The highest BCUT2D eigenvalue weighted by Crippen LogP contribution is 2.26. The zero-order valence-electron chi connectivity index (χ0n) is 11.8. The van der Waals surface area contributed by atoms with E-state index in [1.807, 2.05) is 48.0 Å². The second kappa shape index (κ2) is 5.44. The van der Waals surface area contributed by atoms with E-state index < -0.39 is 0 Å².